The average molecular weight is 280 g/mol. The SMILES string of the molecule is Cc1ccc(CN(C(=O)C2(N)CCOCC2)C(C)C)o1. The van der Waals surface area contributed by atoms with Crippen LogP contribution in [0.15, 0.2) is 16.5 Å². The maximum absolute atomic E-state index is 12.8. The third-order valence-corrected chi connectivity index (χ3v) is 3.82. The summed E-state index contributed by atoms with van der Waals surface area (Å²) in [5.41, 5.74) is 5.50. The van der Waals surface area contributed by atoms with Crippen LogP contribution in [0.25, 0.3) is 0 Å². The highest BCUT2D eigenvalue weighted by Crippen LogP contribution is 2.23. The first kappa shape index (κ1) is 15.1. The quantitative estimate of drug-likeness (QED) is 0.913. The van der Waals surface area contributed by atoms with Gasteiger partial charge in [-0.3, -0.25) is 4.79 Å². The van der Waals surface area contributed by atoms with Crippen LogP contribution in [-0.4, -0.2) is 35.6 Å². The van der Waals surface area contributed by atoms with Gasteiger partial charge in [-0.25, -0.2) is 0 Å². The van der Waals surface area contributed by atoms with Gasteiger partial charge >= 0.3 is 0 Å². The second-order valence-corrected chi connectivity index (χ2v) is 5.81. The van der Waals surface area contributed by atoms with Crippen molar-refractivity contribution < 1.29 is 13.9 Å². The summed E-state index contributed by atoms with van der Waals surface area (Å²) < 4.78 is 10.9. The molecule has 1 aromatic rings. The lowest BCUT2D eigenvalue weighted by Crippen LogP contribution is -2.59. The second kappa shape index (κ2) is 5.97. The summed E-state index contributed by atoms with van der Waals surface area (Å²) in [6.07, 6.45) is 1.15. The van der Waals surface area contributed by atoms with E-state index < -0.39 is 5.54 Å². The summed E-state index contributed by atoms with van der Waals surface area (Å²) in [6, 6.07) is 3.90. The fourth-order valence-electron chi connectivity index (χ4n) is 2.46. The average Bonchev–Trinajstić information content (AvgIpc) is 2.81. The first-order valence-corrected chi connectivity index (χ1v) is 7.15. The number of aryl methyl sites for hydroxylation is 1. The number of furan rings is 1. The van der Waals surface area contributed by atoms with Crippen LogP contribution in [0.2, 0.25) is 0 Å². The molecule has 2 rings (SSSR count). The molecule has 0 atom stereocenters. The summed E-state index contributed by atoms with van der Waals surface area (Å²) in [5, 5.41) is 0. The Morgan fingerprint density at radius 2 is 2.05 bits per heavy atom. The van der Waals surface area contributed by atoms with Crippen molar-refractivity contribution in [3.05, 3.63) is 23.7 Å². The summed E-state index contributed by atoms with van der Waals surface area (Å²) in [7, 11) is 0. The maximum Gasteiger partial charge on any atom is 0.243 e. The molecule has 1 fully saturated rings. The number of nitrogens with two attached hydrogens (primary N) is 1. The minimum Gasteiger partial charge on any atom is -0.464 e. The smallest absolute Gasteiger partial charge is 0.243 e. The van der Waals surface area contributed by atoms with Gasteiger partial charge < -0.3 is 19.8 Å². The Balaban J connectivity index is 2.13. The number of amides is 1. The van der Waals surface area contributed by atoms with Crippen molar-refractivity contribution in [3.63, 3.8) is 0 Å². The molecule has 0 aliphatic carbocycles. The van der Waals surface area contributed by atoms with Crippen LogP contribution in [0.5, 0.6) is 0 Å². The summed E-state index contributed by atoms with van der Waals surface area (Å²) in [5.74, 6) is 1.63. The molecule has 112 valence electrons. The molecule has 5 heteroatoms. The van der Waals surface area contributed by atoms with E-state index in [0.29, 0.717) is 32.6 Å². The van der Waals surface area contributed by atoms with Gasteiger partial charge in [0.2, 0.25) is 5.91 Å². The van der Waals surface area contributed by atoms with Crippen molar-refractivity contribution in [1.82, 2.24) is 4.90 Å². The minimum atomic E-state index is -0.801. The second-order valence-electron chi connectivity index (χ2n) is 5.81. The van der Waals surface area contributed by atoms with E-state index in [9.17, 15) is 4.79 Å². The summed E-state index contributed by atoms with van der Waals surface area (Å²) in [6.45, 7) is 7.45. The van der Waals surface area contributed by atoms with E-state index in [1.807, 2.05) is 32.9 Å². The van der Waals surface area contributed by atoms with Gasteiger partial charge in [0.15, 0.2) is 0 Å². The molecule has 1 amide bonds. The van der Waals surface area contributed by atoms with Crippen LogP contribution < -0.4 is 5.73 Å². The number of hydrogen-bond acceptors (Lipinski definition) is 4. The van der Waals surface area contributed by atoms with E-state index in [1.54, 1.807) is 4.90 Å². The first-order chi connectivity index (χ1) is 9.42. The highest BCUT2D eigenvalue weighted by atomic mass is 16.5. The van der Waals surface area contributed by atoms with Crippen molar-refractivity contribution >= 4 is 5.91 Å². The van der Waals surface area contributed by atoms with Gasteiger partial charge in [0.05, 0.1) is 12.1 Å². The molecule has 0 radical (unpaired) electrons. The van der Waals surface area contributed by atoms with Crippen LogP contribution >= 0.6 is 0 Å². The summed E-state index contributed by atoms with van der Waals surface area (Å²) in [4.78, 5) is 14.6. The van der Waals surface area contributed by atoms with E-state index in [4.69, 9.17) is 14.9 Å². The van der Waals surface area contributed by atoms with Crippen LogP contribution in [0.1, 0.15) is 38.2 Å². The van der Waals surface area contributed by atoms with E-state index in [-0.39, 0.29) is 11.9 Å². The lowest BCUT2D eigenvalue weighted by Gasteiger charge is -2.38. The molecule has 0 bridgehead atoms. The Kier molecular flexibility index (Phi) is 4.50. The lowest BCUT2D eigenvalue weighted by molar-refractivity contribution is -0.143. The van der Waals surface area contributed by atoms with E-state index in [2.05, 4.69) is 0 Å². The molecule has 1 aliphatic rings. The molecule has 20 heavy (non-hydrogen) atoms. The van der Waals surface area contributed by atoms with Crippen molar-refractivity contribution in [3.8, 4) is 0 Å². The molecule has 1 saturated heterocycles. The van der Waals surface area contributed by atoms with Crippen molar-refractivity contribution in [2.75, 3.05) is 13.2 Å². The standard InChI is InChI=1S/C15H24N2O3/c1-11(2)17(10-13-5-4-12(3)20-13)14(18)15(16)6-8-19-9-7-15/h4-5,11H,6-10,16H2,1-3H3. The van der Waals surface area contributed by atoms with Crippen molar-refractivity contribution in [1.29, 1.82) is 0 Å². The van der Waals surface area contributed by atoms with Gasteiger partial charge in [0.1, 0.15) is 11.5 Å². The molecular weight excluding hydrogens is 256 g/mol. The minimum absolute atomic E-state index is 0.00940. The zero-order valence-electron chi connectivity index (χ0n) is 12.5. The number of nitrogens with zero attached hydrogens (tertiary/aromatic N) is 1. The van der Waals surface area contributed by atoms with Gasteiger partial charge in [-0.15, -0.1) is 0 Å². The molecule has 0 spiro atoms. The lowest BCUT2D eigenvalue weighted by atomic mass is 9.89. The molecule has 0 unspecified atom stereocenters. The fraction of sp³-hybridized carbons (Fsp3) is 0.667. The van der Waals surface area contributed by atoms with Crippen LogP contribution in [0, 0.1) is 6.92 Å². The van der Waals surface area contributed by atoms with Crippen molar-refractivity contribution in [2.24, 2.45) is 5.73 Å². The zero-order valence-corrected chi connectivity index (χ0v) is 12.5. The zero-order chi connectivity index (χ0) is 14.8. The Hall–Kier alpha value is -1.33. The molecule has 2 N–H and O–H groups in total. The normalized spacial score (nSPS) is 18.2. The molecule has 5 nitrogen and oxygen atoms in total. The highest BCUT2D eigenvalue weighted by molar-refractivity contribution is 5.86. The van der Waals surface area contributed by atoms with E-state index in [0.717, 1.165) is 11.5 Å². The summed E-state index contributed by atoms with van der Waals surface area (Å²) >= 11 is 0. The van der Waals surface area contributed by atoms with Crippen LogP contribution in [0.3, 0.4) is 0 Å². The predicted octanol–water partition coefficient (Wildman–Crippen LogP) is 1.83. The highest BCUT2D eigenvalue weighted by Gasteiger charge is 2.39. The number of rotatable bonds is 4. The van der Waals surface area contributed by atoms with E-state index >= 15 is 0 Å². The third-order valence-electron chi connectivity index (χ3n) is 3.82. The van der Waals surface area contributed by atoms with Gasteiger partial charge in [-0.1, -0.05) is 0 Å². The fourth-order valence-corrected chi connectivity index (χ4v) is 2.46. The molecular formula is C15H24N2O3. The Morgan fingerprint density at radius 3 is 2.55 bits per heavy atom. The molecule has 1 aromatic heterocycles. The largest absolute Gasteiger partial charge is 0.464 e. The Morgan fingerprint density at radius 1 is 1.40 bits per heavy atom. The molecule has 0 aromatic carbocycles. The topological polar surface area (TPSA) is 68.7 Å². The molecule has 1 aliphatic heterocycles. The Labute approximate surface area is 120 Å². The van der Waals surface area contributed by atoms with Gasteiger partial charge in [-0.2, -0.15) is 0 Å². The monoisotopic (exact) mass is 280 g/mol. The van der Waals surface area contributed by atoms with Crippen molar-refractivity contribution in [2.45, 2.75) is 51.7 Å². The van der Waals surface area contributed by atoms with E-state index in [1.165, 1.54) is 0 Å². The van der Waals surface area contributed by atoms with Crippen LogP contribution in [-0.2, 0) is 16.1 Å². The van der Waals surface area contributed by atoms with Gasteiger partial charge in [-0.05, 0) is 45.7 Å². The number of hydrogen-bond donors (Lipinski definition) is 1. The number of ether oxygens (including phenoxy) is 1. The van der Waals surface area contributed by atoms with Gasteiger partial charge in [0, 0.05) is 19.3 Å². The predicted molar refractivity (Wildman–Crippen MR) is 76.1 cm³/mol. The first-order valence-electron chi connectivity index (χ1n) is 7.15. The van der Waals surface area contributed by atoms with Crippen LogP contribution in [0.4, 0.5) is 0 Å². The Bertz CT molecular complexity index is 461. The molecule has 0 saturated carbocycles. The number of carbonyl (C=O) groups is 1. The third kappa shape index (κ3) is 3.22. The van der Waals surface area contributed by atoms with Gasteiger partial charge in [0.25, 0.3) is 0 Å². The molecule has 2 heterocycles. The number of carbonyl (C=O) groups excluding carboxylic acids is 1. The maximum atomic E-state index is 12.8.